The molecule has 2 aliphatic rings. The van der Waals surface area contributed by atoms with Crippen molar-refractivity contribution in [3.63, 3.8) is 0 Å². The molecule has 1 aromatic heterocycles. The van der Waals surface area contributed by atoms with Gasteiger partial charge in [-0.3, -0.25) is 14.5 Å². The molecule has 2 aliphatic heterocycles. The molecule has 0 bridgehead atoms. The van der Waals surface area contributed by atoms with Crippen LogP contribution in [-0.2, 0) is 9.59 Å². The second kappa shape index (κ2) is 9.04. The average molecular weight is 414 g/mol. The number of likely N-dealkylation sites (tertiary alicyclic amines) is 1. The van der Waals surface area contributed by atoms with Gasteiger partial charge in [-0.05, 0) is 44.4 Å². The first-order chi connectivity index (χ1) is 14.5. The Morgan fingerprint density at radius 1 is 1.20 bits per heavy atom. The number of hydrogen-bond donors (Lipinski definition) is 1. The van der Waals surface area contributed by atoms with Crippen LogP contribution in [0.1, 0.15) is 25.7 Å². The highest BCUT2D eigenvalue weighted by molar-refractivity contribution is 5.85. The first-order valence-corrected chi connectivity index (χ1v) is 10.9. The maximum atomic E-state index is 12.8. The van der Waals surface area contributed by atoms with Crippen molar-refractivity contribution in [1.29, 1.82) is 0 Å². The van der Waals surface area contributed by atoms with E-state index in [0.29, 0.717) is 12.1 Å². The number of benzene rings is 1. The number of carbonyl (C=O) groups excluding carboxylic acids is 2. The van der Waals surface area contributed by atoms with E-state index in [1.54, 1.807) is 19.0 Å². The Morgan fingerprint density at radius 3 is 2.70 bits per heavy atom. The number of hydrogen-bond acceptors (Lipinski definition) is 6. The number of anilines is 1. The Labute approximate surface area is 177 Å². The van der Waals surface area contributed by atoms with E-state index in [4.69, 9.17) is 4.42 Å². The van der Waals surface area contributed by atoms with Crippen molar-refractivity contribution in [2.45, 2.75) is 31.7 Å². The van der Waals surface area contributed by atoms with Gasteiger partial charge in [0.05, 0.1) is 12.5 Å². The smallest absolute Gasteiger partial charge is 0.298 e. The first-order valence-electron chi connectivity index (χ1n) is 10.9. The molecule has 2 amide bonds. The van der Waals surface area contributed by atoms with Gasteiger partial charge in [0.2, 0.25) is 11.8 Å². The summed E-state index contributed by atoms with van der Waals surface area (Å²) in [6, 6.07) is 9.04. The highest BCUT2D eigenvalue weighted by Crippen LogP contribution is 2.28. The fourth-order valence-corrected chi connectivity index (χ4v) is 4.64. The van der Waals surface area contributed by atoms with E-state index < -0.39 is 0 Å². The predicted molar refractivity (Wildman–Crippen MR) is 115 cm³/mol. The summed E-state index contributed by atoms with van der Waals surface area (Å²) in [7, 11) is 3.31. The summed E-state index contributed by atoms with van der Waals surface area (Å²) in [5, 5.41) is 2.58. The number of nitrogens with one attached hydrogen (secondary N) is 1. The molecule has 162 valence electrons. The van der Waals surface area contributed by atoms with Crippen molar-refractivity contribution in [3.8, 4) is 0 Å². The number of amides is 2. The van der Waals surface area contributed by atoms with Crippen molar-refractivity contribution in [2.75, 3.05) is 51.7 Å². The molecule has 2 saturated heterocycles. The fourth-order valence-electron chi connectivity index (χ4n) is 4.64. The van der Waals surface area contributed by atoms with Gasteiger partial charge in [0, 0.05) is 39.8 Å². The standard InChI is InChI=1S/C22H31N5O3/c1-23-20(28)15-25(2)21(29)16-6-5-11-27(14-16)17-9-12-26(13-10-17)22-24-18-7-3-4-8-19(18)30-22/h3-4,7-8,16-17H,5-6,9-15H2,1-2H3,(H,23,28)/t16-/m1/s1. The van der Waals surface area contributed by atoms with E-state index in [1.807, 2.05) is 24.3 Å². The van der Waals surface area contributed by atoms with Crippen molar-refractivity contribution in [3.05, 3.63) is 24.3 Å². The van der Waals surface area contributed by atoms with Gasteiger partial charge in [-0.25, -0.2) is 0 Å². The van der Waals surface area contributed by atoms with Gasteiger partial charge in [0.1, 0.15) is 5.52 Å². The van der Waals surface area contributed by atoms with Crippen LogP contribution in [0.25, 0.3) is 11.1 Å². The van der Waals surface area contributed by atoms with Crippen molar-refractivity contribution in [1.82, 2.24) is 20.1 Å². The molecule has 30 heavy (non-hydrogen) atoms. The van der Waals surface area contributed by atoms with Crippen LogP contribution in [0.15, 0.2) is 28.7 Å². The molecule has 3 heterocycles. The predicted octanol–water partition coefficient (Wildman–Crippen LogP) is 1.71. The lowest BCUT2D eigenvalue weighted by molar-refractivity contribution is -0.139. The third-order valence-corrected chi connectivity index (χ3v) is 6.37. The summed E-state index contributed by atoms with van der Waals surface area (Å²) < 4.78 is 5.92. The minimum Gasteiger partial charge on any atom is -0.423 e. The van der Waals surface area contributed by atoms with Crippen molar-refractivity contribution in [2.24, 2.45) is 5.92 Å². The second-order valence-electron chi connectivity index (χ2n) is 8.38. The second-order valence-corrected chi connectivity index (χ2v) is 8.38. The molecule has 2 aromatic rings. The lowest BCUT2D eigenvalue weighted by Gasteiger charge is -2.42. The molecule has 1 aromatic carbocycles. The molecule has 1 atom stereocenters. The third kappa shape index (κ3) is 4.43. The van der Waals surface area contributed by atoms with E-state index in [-0.39, 0.29) is 24.3 Å². The minimum absolute atomic E-state index is 0.0246. The summed E-state index contributed by atoms with van der Waals surface area (Å²) in [6.07, 6.45) is 3.99. The van der Waals surface area contributed by atoms with Gasteiger partial charge in [0.15, 0.2) is 5.58 Å². The Morgan fingerprint density at radius 2 is 1.97 bits per heavy atom. The third-order valence-electron chi connectivity index (χ3n) is 6.37. The number of nitrogens with zero attached hydrogens (tertiary/aromatic N) is 4. The Bertz CT molecular complexity index is 857. The van der Waals surface area contributed by atoms with Gasteiger partial charge in [-0.15, -0.1) is 0 Å². The minimum atomic E-state index is -0.134. The van der Waals surface area contributed by atoms with Gasteiger partial charge < -0.3 is 19.5 Å². The highest BCUT2D eigenvalue weighted by atomic mass is 16.4. The molecular formula is C22H31N5O3. The molecule has 2 fully saturated rings. The van der Waals surface area contributed by atoms with Crippen LogP contribution in [0.4, 0.5) is 6.01 Å². The van der Waals surface area contributed by atoms with Crippen molar-refractivity contribution < 1.29 is 14.0 Å². The van der Waals surface area contributed by atoms with E-state index in [0.717, 1.165) is 63.0 Å². The number of oxazole rings is 1. The summed E-state index contributed by atoms with van der Waals surface area (Å²) >= 11 is 0. The van der Waals surface area contributed by atoms with Crippen molar-refractivity contribution >= 4 is 28.9 Å². The molecule has 0 aliphatic carbocycles. The van der Waals surface area contributed by atoms with E-state index >= 15 is 0 Å². The number of carbonyl (C=O) groups is 2. The van der Waals surface area contributed by atoms with Crippen LogP contribution in [0.5, 0.6) is 0 Å². The van der Waals surface area contributed by atoms with Gasteiger partial charge in [0.25, 0.3) is 6.01 Å². The van der Waals surface area contributed by atoms with E-state index in [1.165, 1.54) is 0 Å². The molecule has 0 unspecified atom stereocenters. The maximum absolute atomic E-state index is 12.8. The molecule has 8 nitrogen and oxygen atoms in total. The number of aromatic nitrogens is 1. The molecule has 0 saturated carbocycles. The quantitative estimate of drug-likeness (QED) is 0.804. The number of para-hydroxylation sites is 2. The lowest BCUT2D eigenvalue weighted by Crippen LogP contribution is -2.51. The number of fused-ring (bicyclic) bond motifs is 1. The SMILES string of the molecule is CNC(=O)CN(C)C(=O)[C@@H]1CCCN(C2CCN(c3nc4ccccc4o3)CC2)C1. The molecule has 8 heteroatoms. The molecule has 4 rings (SSSR count). The Balaban J connectivity index is 1.32. The Kier molecular flexibility index (Phi) is 6.22. The van der Waals surface area contributed by atoms with E-state index in [9.17, 15) is 9.59 Å². The topological polar surface area (TPSA) is 81.9 Å². The van der Waals surface area contributed by atoms with Crippen LogP contribution in [-0.4, -0.2) is 79.5 Å². The number of rotatable bonds is 5. The number of likely N-dealkylation sites (N-methyl/N-ethyl adjacent to an activating group) is 2. The van der Waals surface area contributed by atoms with Gasteiger partial charge in [-0.1, -0.05) is 12.1 Å². The Hall–Kier alpha value is -2.61. The normalized spacial score (nSPS) is 21.0. The van der Waals surface area contributed by atoms with Gasteiger partial charge >= 0.3 is 0 Å². The van der Waals surface area contributed by atoms with Crippen LogP contribution in [0.3, 0.4) is 0 Å². The summed E-state index contributed by atoms with van der Waals surface area (Å²) in [5.74, 6) is -0.0826. The highest BCUT2D eigenvalue weighted by Gasteiger charge is 2.33. The summed E-state index contributed by atoms with van der Waals surface area (Å²) in [5.41, 5.74) is 1.72. The van der Waals surface area contributed by atoms with E-state index in [2.05, 4.69) is 20.1 Å². The lowest BCUT2D eigenvalue weighted by atomic mass is 9.93. The average Bonchev–Trinajstić information content (AvgIpc) is 3.23. The molecule has 1 N–H and O–H groups in total. The maximum Gasteiger partial charge on any atom is 0.298 e. The zero-order valence-corrected chi connectivity index (χ0v) is 17.8. The van der Waals surface area contributed by atoms with Crippen LogP contribution in [0.2, 0.25) is 0 Å². The number of piperidine rings is 2. The largest absolute Gasteiger partial charge is 0.423 e. The van der Waals surface area contributed by atoms with Crippen LogP contribution < -0.4 is 10.2 Å². The first kappa shape index (κ1) is 20.7. The zero-order valence-electron chi connectivity index (χ0n) is 17.8. The van der Waals surface area contributed by atoms with Crippen LogP contribution >= 0.6 is 0 Å². The zero-order chi connectivity index (χ0) is 21.1. The molecule has 0 spiro atoms. The summed E-state index contributed by atoms with van der Waals surface area (Å²) in [6.45, 7) is 3.75. The fraction of sp³-hybridized carbons (Fsp3) is 0.591. The van der Waals surface area contributed by atoms with Gasteiger partial charge in [-0.2, -0.15) is 4.98 Å². The van der Waals surface area contributed by atoms with Crippen LogP contribution in [0, 0.1) is 5.92 Å². The molecule has 0 radical (unpaired) electrons. The molecular weight excluding hydrogens is 382 g/mol. The summed E-state index contributed by atoms with van der Waals surface area (Å²) in [4.78, 5) is 35.3. The monoisotopic (exact) mass is 413 g/mol.